The van der Waals surface area contributed by atoms with Gasteiger partial charge in [-0.3, -0.25) is 4.79 Å². The van der Waals surface area contributed by atoms with Gasteiger partial charge in [-0.15, -0.1) is 11.8 Å². The molecule has 0 bridgehead atoms. The number of hydrogen-bond acceptors (Lipinski definition) is 4. The summed E-state index contributed by atoms with van der Waals surface area (Å²) in [7, 11) is 0. The second kappa shape index (κ2) is 8.63. The Hall–Kier alpha value is -0.660. The summed E-state index contributed by atoms with van der Waals surface area (Å²) in [5.74, 6) is -1.56. The van der Waals surface area contributed by atoms with Gasteiger partial charge in [-0.25, -0.2) is 4.79 Å². The first-order valence-corrected chi connectivity index (χ1v) is 6.68. The molecule has 86 valence electrons. The molecule has 1 atom stereocenters. The Bertz CT molecular complexity index is 241. The van der Waals surface area contributed by atoms with Gasteiger partial charge < -0.3 is 14.8 Å². The van der Waals surface area contributed by atoms with Crippen molar-refractivity contribution in [1.29, 1.82) is 0 Å². The molecule has 7 heteroatoms. The molecule has 0 aromatic carbocycles. The van der Waals surface area contributed by atoms with E-state index in [-0.39, 0.29) is 17.3 Å². The third kappa shape index (κ3) is 11.3. The van der Waals surface area contributed by atoms with Gasteiger partial charge in [0.25, 0.3) is 0 Å². The largest absolute Gasteiger partial charge is 0.616 e. The molecule has 0 aromatic heterocycles. The Morgan fingerprint density at radius 3 is 2.47 bits per heavy atom. The summed E-state index contributed by atoms with van der Waals surface area (Å²) in [5.41, 5.74) is 0. The quantitative estimate of drug-likeness (QED) is 0.363. The van der Waals surface area contributed by atoms with Crippen LogP contribution in [0.5, 0.6) is 0 Å². The van der Waals surface area contributed by atoms with E-state index in [0.29, 0.717) is 5.75 Å². The fourth-order valence-electron chi connectivity index (χ4n) is 0.654. The maximum Gasteiger partial charge on any atom is 0.353 e. The molecule has 0 aliphatic carbocycles. The van der Waals surface area contributed by atoms with E-state index >= 15 is 0 Å². The fraction of sp³-hybridized carbons (Fsp3) is 0.500. The lowest BCUT2D eigenvalue weighted by atomic mass is 10.6. The van der Waals surface area contributed by atoms with Crippen LogP contribution in [0.25, 0.3) is 0 Å². The highest BCUT2D eigenvalue weighted by atomic mass is 32.2. The number of rotatable bonds is 8. The summed E-state index contributed by atoms with van der Waals surface area (Å²) in [5, 5.41) is 16.6. The molecular weight excluding hydrogens is 240 g/mol. The highest BCUT2D eigenvalue weighted by Crippen LogP contribution is 2.00. The van der Waals surface area contributed by atoms with E-state index in [1.54, 1.807) is 12.2 Å². The topological polar surface area (TPSA) is 97.7 Å². The van der Waals surface area contributed by atoms with Gasteiger partial charge in [-0.1, -0.05) is 6.08 Å². The number of carboxylic acid groups (broad SMARTS) is 2. The number of hydrogen-bond donors (Lipinski definition) is 2. The highest BCUT2D eigenvalue weighted by Gasteiger charge is 2.08. The van der Waals surface area contributed by atoms with Crippen LogP contribution in [0.15, 0.2) is 12.2 Å². The molecular formula is C8H12O5S2. The Morgan fingerprint density at radius 1 is 1.27 bits per heavy atom. The number of carboxylic acids is 2. The summed E-state index contributed by atoms with van der Waals surface area (Å²) in [6.07, 6.45) is 3.29. The van der Waals surface area contributed by atoms with E-state index in [1.807, 2.05) is 0 Å². The van der Waals surface area contributed by atoms with E-state index in [2.05, 4.69) is 0 Å². The van der Waals surface area contributed by atoms with Crippen molar-refractivity contribution < 1.29 is 24.4 Å². The molecule has 0 radical (unpaired) electrons. The lowest BCUT2D eigenvalue weighted by Crippen LogP contribution is -2.17. The Balaban J connectivity index is 3.45. The maximum atomic E-state index is 11.0. The molecule has 0 rings (SSSR count). The van der Waals surface area contributed by atoms with Crippen LogP contribution in [0.3, 0.4) is 0 Å². The summed E-state index contributed by atoms with van der Waals surface area (Å²) in [6, 6.07) is 0. The van der Waals surface area contributed by atoms with Crippen molar-refractivity contribution in [3.05, 3.63) is 12.2 Å². The van der Waals surface area contributed by atoms with Gasteiger partial charge in [-0.2, -0.15) is 0 Å². The van der Waals surface area contributed by atoms with E-state index in [9.17, 15) is 14.1 Å². The first kappa shape index (κ1) is 14.3. The number of aliphatic carboxylic acids is 2. The van der Waals surface area contributed by atoms with Crippen molar-refractivity contribution in [2.45, 2.75) is 0 Å². The van der Waals surface area contributed by atoms with Crippen LogP contribution in [-0.4, -0.2) is 49.7 Å². The van der Waals surface area contributed by atoms with E-state index in [1.165, 1.54) is 11.8 Å². The lowest BCUT2D eigenvalue weighted by molar-refractivity contribution is -0.135. The van der Waals surface area contributed by atoms with Gasteiger partial charge in [0.15, 0.2) is 0 Å². The minimum atomic E-state index is -1.38. The molecule has 15 heavy (non-hydrogen) atoms. The third-order valence-corrected chi connectivity index (χ3v) is 3.19. The molecule has 0 aliphatic rings. The SMILES string of the molecule is O=C(O)CSC/C=C/C[S+]([O-])CC(=O)O. The number of thioether (sulfide) groups is 1. The summed E-state index contributed by atoms with van der Waals surface area (Å²) < 4.78 is 11.0. The summed E-state index contributed by atoms with van der Waals surface area (Å²) in [4.78, 5) is 20.2. The monoisotopic (exact) mass is 252 g/mol. The van der Waals surface area contributed by atoms with E-state index in [4.69, 9.17) is 10.2 Å². The Morgan fingerprint density at radius 2 is 1.93 bits per heavy atom. The van der Waals surface area contributed by atoms with Crippen molar-refractivity contribution in [1.82, 2.24) is 0 Å². The lowest BCUT2D eigenvalue weighted by Gasteiger charge is -2.04. The van der Waals surface area contributed by atoms with Crippen LogP contribution in [-0.2, 0) is 20.8 Å². The van der Waals surface area contributed by atoms with Gasteiger partial charge in [-0.05, 0) is 17.3 Å². The molecule has 1 unspecified atom stereocenters. The summed E-state index contributed by atoms with van der Waals surface area (Å²) in [6.45, 7) is 0. The van der Waals surface area contributed by atoms with Gasteiger partial charge in [0, 0.05) is 5.75 Å². The van der Waals surface area contributed by atoms with Crippen LogP contribution in [0.2, 0.25) is 0 Å². The Kier molecular flexibility index (Phi) is 8.25. The first-order chi connectivity index (χ1) is 7.02. The molecule has 5 nitrogen and oxygen atoms in total. The minimum absolute atomic E-state index is 0.0303. The van der Waals surface area contributed by atoms with Crippen molar-refractivity contribution >= 4 is 34.9 Å². The molecule has 2 N–H and O–H groups in total. The van der Waals surface area contributed by atoms with Crippen LogP contribution < -0.4 is 0 Å². The molecule has 0 saturated heterocycles. The second-order valence-electron chi connectivity index (χ2n) is 2.52. The van der Waals surface area contributed by atoms with Crippen molar-refractivity contribution in [3.8, 4) is 0 Å². The summed E-state index contributed by atoms with van der Waals surface area (Å²) >= 11 is -0.151. The first-order valence-electron chi connectivity index (χ1n) is 4.03. The van der Waals surface area contributed by atoms with E-state index < -0.39 is 23.1 Å². The predicted octanol–water partition coefficient (Wildman–Crippen LogP) is 0.194. The van der Waals surface area contributed by atoms with Crippen LogP contribution >= 0.6 is 11.8 Å². The average Bonchev–Trinajstić information content (AvgIpc) is 2.09. The minimum Gasteiger partial charge on any atom is -0.616 e. The van der Waals surface area contributed by atoms with Crippen molar-refractivity contribution in [3.63, 3.8) is 0 Å². The molecule has 0 spiro atoms. The zero-order chi connectivity index (χ0) is 11.7. The zero-order valence-corrected chi connectivity index (χ0v) is 9.55. The van der Waals surface area contributed by atoms with Crippen molar-refractivity contribution in [2.75, 3.05) is 23.0 Å². The average molecular weight is 252 g/mol. The Labute approximate surface area is 94.7 Å². The van der Waals surface area contributed by atoms with Crippen LogP contribution in [0, 0.1) is 0 Å². The second-order valence-corrected chi connectivity index (χ2v) is 5.06. The third-order valence-electron chi connectivity index (χ3n) is 1.17. The highest BCUT2D eigenvalue weighted by molar-refractivity contribution is 8.00. The predicted molar refractivity (Wildman–Crippen MR) is 59.6 cm³/mol. The number of carbonyl (C=O) groups is 2. The normalized spacial score (nSPS) is 12.9. The van der Waals surface area contributed by atoms with Crippen molar-refractivity contribution in [2.24, 2.45) is 0 Å². The fourth-order valence-corrected chi connectivity index (χ4v) is 1.96. The molecule has 0 fully saturated rings. The molecule has 0 saturated carbocycles. The van der Waals surface area contributed by atoms with Crippen LogP contribution in [0.4, 0.5) is 0 Å². The van der Waals surface area contributed by atoms with Gasteiger partial charge in [0.05, 0.1) is 5.75 Å². The van der Waals surface area contributed by atoms with Gasteiger partial charge >= 0.3 is 11.9 Å². The molecule has 0 amide bonds. The zero-order valence-electron chi connectivity index (χ0n) is 7.92. The van der Waals surface area contributed by atoms with Gasteiger partial charge in [0.2, 0.25) is 5.75 Å². The molecule has 0 aliphatic heterocycles. The standard InChI is InChI=1S/C8H12O5S2/c9-7(10)5-14-3-1-2-4-15(13)6-8(11)12/h1-2H,3-6H2,(H,9,10)(H,11,12)/b2-1+. The molecule has 0 heterocycles. The van der Waals surface area contributed by atoms with E-state index in [0.717, 1.165) is 0 Å². The molecule has 0 aromatic rings. The smallest absolute Gasteiger partial charge is 0.353 e. The van der Waals surface area contributed by atoms with Gasteiger partial charge in [0.1, 0.15) is 5.75 Å². The van der Waals surface area contributed by atoms with Crippen LogP contribution in [0.1, 0.15) is 0 Å². The maximum absolute atomic E-state index is 11.0.